The van der Waals surface area contributed by atoms with Gasteiger partial charge in [0.1, 0.15) is 5.75 Å². The fourth-order valence-corrected chi connectivity index (χ4v) is 2.72. The van der Waals surface area contributed by atoms with Crippen molar-refractivity contribution in [3.63, 3.8) is 0 Å². The SMILES string of the molecule is NCc1ccccc1NC(=O)CS(=O)c1ccccc1. The molecular weight excluding hydrogens is 272 g/mol. The molecule has 4 nitrogen and oxygen atoms in total. The maximum Gasteiger partial charge on any atom is 0.237 e. The van der Waals surface area contributed by atoms with Gasteiger partial charge in [-0.05, 0) is 23.8 Å². The molecule has 2 aromatic carbocycles. The van der Waals surface area contributed by atoms with E-state index in [1.54, 1.807) is 30.3 Å². The Hall–Kier alpha value is -1.98. The quantitative estimate of drug-likeness (QED) is 0.882. The summed E-state index contributed by atoms with van der Waals surface area (Å²) in [7, 11) is -1.34. The molecule has 0 fully saturated rings. The molecule has 2 aromatic rings. The molecule has 1 atom stereocenters. The summed E-state index contributed by atoms with van der Waals surface area (Å²) in [5.41, 5.74) is 7.13. The van der Waals surface area contributed by atoms with E-state index in [-0.39, 0.29) is 11.7 Å². The maximum absolute atomic E-state index is 12.0. The zero-order valence-corrected chi connectivity index (χ0v) is 11.7. The predicted octanol–water partition coefficient (Wildman–Crippen LogP) is 1.89. The highest BCUT2D eigenvalue weighted by atomic mass is 32.2. The van der Waals surface area contributed by atoms with Crippen molar-refractivity contribution >= 4 is 22.4 Å². The minimum absolute atomic E-state index is 0.0665. The van der Waals surface area contributed by atoms with E-state index in [2.05, 4.69) is 5.32 Å². The fourth-order valence-electron chi connectivity index (χ4n) is 1.78. The van der Waals surface area contributed by atoms with E-state index in [1.165, 1.54) is 0 Å². The van der Waals surface area contributed by atoms with Crippen LogP contribution in [-0.2, 0) is 22.1 Å². The Morgan fingerprint density at radius 2 is 1.70 bits per heavy atom. The van der Waals surface area contributed by atoms with Crippen LogP contribution >= 0.6 is 0 Å². The van der Waals surface area contributed by atoms with Crippen molar-refractivity contribution in [3.8, 4) is 0 Å². The monoisotopic (exact) mass is 288 g/mol. The van der Waals surface area contributed by atoms with Crippen LogP contribution in [0, 0.1) is 0 Å². The van der Waals surface area contributed by atoms with Crippen LogP contribution in [0.2, 0.25) is 0 Å². The minimum atomic E-state index is -1.34. The molecule has 0 saturated carbocycles. The maximum atomic E-state index is 12.0. The molecule has 0 bridgehead atoms. The van der Waals surface area contributed by atoms with Crippen molar-refractivity contribution in [2.24, 2.45) is 5.73 Å². The number of amides is 1. The number of rotatable bonds is 5. The molecule has 5 heteroatoms. The second-order valence-corrected chi connectivity index (χ2v) is 5.66. The van der Waals surface area contributed by atoms with Gasteiger partial charge in [-0.15, -0.1) is 0 Å². The Bertz CT molecular complexity index is 614. The molecule has 0 aromatic heterocycles. The molecule has 0 aliphatic rings. The predicted molar refractivity (Wildman–Crippen MR) is 80.7 cm³/mol. The van der Waals surface area contributed by atoms with Crippen molar-refractivity contribution < 1.29 is 9.00 Å². The molecule has 1 unspecified atom stereocenters. The molecule has 2 rings (SSSR count). The number of nitrogens with one attached hydrogen (secondary N) is 1. The highest BCUT2D eigenvalue weighted by Crippen LogP contribution is 2.14. The first kappa shape index (κ1) is 14.4. The van der Waals surface area contributed by atoms with Crippen LogP contribution in [0.15, 0.2) is 59.5 Å². The first-order valence-electron chi connectivity index (χ1n) is 6.22. The third-order valence-corrected chi connectivity index (χ3v) is 4.10. The Labute approximate surface area is 120 Å². The standard InChI is InChI=1S/C15H16N2O2S/c16-10-12-6-4-5-9-14(12)17-15(18)11-20(19)13-7-2-1-3-8-13/h1-9H,10-11,16H2,(H,17,18). The van der Waals surface area contributed by atoms with Gasteiger partial charge in [0, 0.05) is 17.1 Å². The highest BCUT2D eigenvalue weighted by molar-refractivity contribution is 7.85. The van der Waals surface area contributed by atoms with Crippen LogP contribution in [0.25, 0.3) is 0 Å². The first-order chi connectivity index (χ1) is 9.70. The molecular formula is C15H16N2O2S. The average Bonchev–Trinajstić information content (AvgIpc) is 2.48. The van der Waals surface area contributed by atoms with Gasteiger partial charge >= 0.3 is 0 Å². The summed E-state index contributed by atoms with van der Waals surface area (Å²) in [6.07, 6.45) is 0. The van der Waals surface area contributed by atoms with Gasteiger partial charge in [-0.25, -0.2) is 0 Å². The number of carbonyl (C=O) groups excluding carboxylic acids is 1. The molecule has 20 heavy (non-hydrogen) atoms. The molecule has 1 amide bonds. The molecule has 0 radical (unpaired) electrons. The lowest BCUT2D eigenvalue weighted by atomic mass is 10.2. The number of hydrogen-bond donors (Lipinski definition) is 2. The minimum Gasteiger partial charge on any atom is -0.326 e. The van der Waals surface area contributed by atoms with Crippen LogP contribution in [0.1, 0.15) is 5.56 Å². The van der Waals surface area contributed by atoms with Crippen LogP contribution in [0.3, 0.4) is 0 Å². The zero-order chi connectivity index (χ0) is 14.4. The summed E-state index contributed by atoms with van der Waals surface area (Å²) >= 11 is 0. The Balaban J connectivity index is 2.01. The van der Waals surface area contributed by atoms with E-state index in [0.717, 1.165) is 5.56 Å². The van der Waals surface area contributed by atoms with Crippen LogP contribution in [-0.4, -0.2) is 15.9 Å². The van der Waals surface area contributed by atoms with Crippen molar-refractivity contribution in [2.75, 3.05) is 11.1 Å². The smallest absolute Gasteiger partial charge is 0.237 e. The third kappa shape index (κ3) is 3.76. The molecule has 0 spiro atoms. The van der Waals surface area contributed by atoms with Crippen molar-refractivity contribution in [1.82, 2.24) is 0 Å². The van der Waals surface area contributed by atoms with Crippen molar-refractivity contribution in [3.05, 3.63) is 60.2 Å². The third-order valence-electron chi connectivity index (χ3n) is 2.78. The number of para-hydroxylation sites is 1. The summed E-state index contributed by atoms with van der Waals surface area (Å²) in [4.78, 5) is 12.6. The van der Waals surface area contributed by atoms with Gasteiger partial charge in [-0.1, -0.05) is 36.4 Å². The van der Waals surface area contributed by atoms with Gasteiger partial charge in [0.15, 0.2) is 0 Å². The normalized spacial score (nSPS) is 11.8. The lowest BCUT2D eigenvalue weighted by Gasteiger charge is -2.09. The lowest BCUT2D eigenvalue weighted by Crippen LogP contribution is -2.20. The Morgan fingerprint density at radius 1 is 1.05 bits per heavy atom. The van der Waals surface area contributed by atoms with E-state index in [1.807, 2.05) is 24.3 Å². The second kappa shape index (κ2) is 6.98. The molecule has 0 aliphatic heterocycles. The largest absolute Gasteiger partial charge is 0.326 e. The molecule has 0 aliphatic carbocycles. The molecule has 104 valence electrons. The van der Waals surface area contributed by atoms with Crippen molar-refractivity contribution in [1.29, 1.82) is 0 Å². The number of carbonyl (C=O) groups is 1. The van der Waals surface area contributed by atoms with E-state index < -0.39 is 10.8 Å². The summed E-state index contributed by atoms with van der Waals surface area (Å²) in [5, 5.41) is 2.75. The summed E-state index contributed by atoms with van der Waals surface area (Å²) in [6.45, 7) is 0.345. The number of nitrogens with two attached hydrogens (primary N) is 1. The topological polar surface area (TPSA) is 72.2 Å². The van der Waals surface area contributed by atoms with Gasteiger partial charge in [0.25, 0.3) is 0 Å². The number of hydrogen-bond acceptors (Lipinski definition) is 3. The van der Waals surface area contributed by atoms with E-state index in [0.29, 0.717) is 17.1 Å². The summed E-state index contributed by atoms with van der Waals surface area (Å²) < 4.78 is 12.0. The average molecular weight is 288 g/mol. The first-order valence-corrected chi connectivity index (χ1v) is 7.54. The van der Waals surface area contributed by atoms with Crippen molar-refractivity contribution in [2.45, 2.75) is 11.4 Å². The Morgan fingerprint density at radius 3 is 2.40 bits per heavy atom. The second-order valence-electron chi connectivity index (χ2n) is 4.21. The van der Waals surface area contributed by atoms with Gasteiger partial charge in [0.05, 0.1) is 10.8 Å². The van der Waals surface area contributed by atoms with Gasteiger partial charge < -0.3 is 11.1 Å². The van der Waals surface area contributed by atoms with Crippen LogP contribution in [0.4, 0.5) is 5.69 Å². The van der Waals surface area contributed by atoms with Crippen LogP contribution < -0.4 is 11.1 Å². The molecule has 0 heterocycles. The molecule has 3 N–H and O–H groups in total. The van der Waals surface area contributed by atoms with Crippen LogP contribution in [0.5, 0.6) is 0 Å². The zero-order valence-electron chi connectivity index (χ0n) is 10.9. The highest BCUT2D eigenvalue weighted by Gasteiger charge is 2.11. The number of anilines is 1. The van der Waals surface area contributed by atoms with Gasteiger partial charge in [-0.3, -0.25) is 9.00 Å². The summed E-state index contributed by atoms with van der Waals surface area (Å²) in [6, 6.07) is 16.3. The fraction of sp³-hybridized carbons (Fsp3) is 0.133. The molecule has 0 saturated heterocycles. The summed E-state index contributed by atoms with van der Waals surface area (Å²) in [5.74, 6) is -0.351. The van der Waals surface area contributed by atoms with Gasteiger partial charge in [0.2, 0.25) is 5.91 Å². The Kier molecular flexibility index (Phi) is 5.03. The van der Waals surface area contributed by atoms with E-state index >= 15 is 0 Å². The number of benzene rings is 2. The van der Waals surface area contributed by atoms with E-state index in [4.69, 9.17) is 5.73 Å². The lowest BCUT2D eigenvalue weighted by molar-refractivity contribution is -0.113. The van der Waals surface area contributed by atoms with E-state index in [9.17, 15) is 9.00 Å². The van der Waals surface area contributed by atoms with Gasteiger partial charge in [-0.2, -0.15) is 0 Å².